The first-order valence-electron chi connectivity index (χ1n) is 5.86. The molecule has 2 aliphatic rings. The molecule has 2 atom stereocenters. The van der Waals surface area contributed by atoms with Gasteiger partial charge in [-0.2, -0.15) is 5.43 Å². The average Bonchev–Trinajstić information content (AvgIpc) is 2.68. The van der Waals surface area contributed by atoms with Crippen LogP contribution in [0.1, 0.15) is 31.1 Å². The van der Waals surface area contributed by atoms with Gasteiger partial charge in [0.15, 0.2) is 6.30 Å². The van der Waals surface area contributed by atoms with Crippen molar-refractivity contribution in [2.75, 3.05) is 11.6 Å². The van der Waals surface area contributed by atoms with Gasteiger partial charge in [-0.15, -0.1) is 0 Å². The first kappa shape index (κ1) is 11.4. The molecule has 3 nitrogen and oxygen atoms in total. The van der Waals surface area contributed by atoms with Gasteiger partial charge in [0.1, 0.15) is 6.23 Å². The number of rotatable bonds is 1. The summed E-state index contributed by atoms with van der Waals surface area (Å²) in [4.78, 5) is 0. The van der Waals surface area contributed by atoms with Crippen molar-refractivity contribution in [3.05, 3.63) is 28.2 Å². The maximum absolute atomic E-state index is 13.9. The van der Waals surface area contributed by atoms with Crippen molar-refractivity contribution in [2.45, 2.75) is 31.8 Å². The highest BCUT2D eigenvalue weighted by molar-refractivity contribution is 9.10. The Morgan fingerprint density at radius 3 is 3.06 bits per heavy atom. The second kappa shape index (κ2) is 4.55. The van der Waals surface area contributed by atoms with Gasteiger partial charge in [-0.1, -0.05) is 15.9 Å². The molecular formula is C12H14BrFN2O. The Bertz CT molecular complexity index is 423. The Labute approximate surface area is 108 Å². The molecule has 1 fully saturated rings. The number of hydrazine groups is 1. The number of halogens is 2. The van der Waals surface area contributed by atoms with Gasteiger partial charge in [0.2, 0.25) is 0 Å². The van der Waals surface area contributed by atoms with E-state index in [9.17, 15) is 4.39 Å². The van der Waals surface area contributed by atoms with E-state index in [1.54, 1.807) is 0 Å². The molecule has 2 aliphatic heterocycles. The number of hydrogen-bond donors (Lipinski definition) is 1. The van der Waals surface area contributed by atoms with Crippen LogP contribution in [0.4, 0.5) is 10.1 Å². The molecule has 0 aromatic heterocycles. The first-order valence-corrected chi connectivity index (χ1v) is 6.65. The smallest absolute Gasteiger partial charge is 0.195 e. The third kappa shape index (κ3) is 2.07. The normalized spacial score (nSPS) is 28.2. The van der Waals surface area contributed by atoms with Gasteiger partial charge in [-0.3, -0.25) is 5.01 Å². The molecule has 3 rings (SSSR count). The monoisotopic (exact) mass is 300 g/mol. The third-order valence-corrected chi connectivity index (χ3v) is 3.71. The zero-order valence-electron chi connectivity index (χ0n) is 9.33. The molecule has 0 saturated carbocycles. The van der Waals surface area contributed by atoms with Crippen molar-refractivity contribution < 1.29 is 9.13 Å². The van der Waals surface area contributed by atoms with Crippen LogP contribution in [0.2, 0.25) is 0 Å². The number of anilines is 1. The van der Waals surface area contributed by atoms with E-state index in [0.717, 1.165) is 36.0 Å². The second-order valence-corrected chi connectivity index (χ2v) is 5.30. The molecule has 1 aromatic carbocycles. The molecule has 92 valence electrons. The summed E-state index contributed by atoms with van der Waals surface area (Å²) in [5, 5.41) is 1.82. The van der Waals surface area contributed by atoms with Crippen molar-refractivity contribution in [1.29, 1.82) is 0 Å². The van der Waals surface area contributed by atoms with Gasteiger partial charge in [0.05, 0.1) is 5.69 Å². The quantitative estimate of drug-likeness (QED) is 0.806. The zero-order chi connectivity index (χ0) is 11.8. The van der Waals surface area contributed by atoms with Crippen molar-refractivity contribution >= 4 is 21.6 Å². The molecular weight excluding hydrogens is 287 g/mol. The number of nitrogens with one attached hydrogen (secondary N) is 1. The van der Waals surface area contributed by atoms with E-state index in [0.29, 0.717) is 5.56 Å². The van der Waals surface area contributed by atoms with E-state index in [-0.39, 0.29) is 6.23 Å². The lowest BCUT2D eigenvalue weighted by Gasteiger charge is -2.32. The van der Waals surface area contributed by atoms with Crippen molar-refractivity contribution in [1.82, 2.24) is 5.43 Å². The number of hydrogen-bond acceptors (Lipinski definition) is 3. The summed E-state index contributed by atoms with van der Waals surface area (Å²) in [5.74, 6) is 0. The fraction of sp³-hybridized carbons (Fsp3) is 0.500. The fourth-order valence-corrected chi connectivity index (χ4v) is 2.75. The third-order valence-electron chi connectivity index (χ3n) is 3.22. The lowest BCUT2D eigenvalue weighted by Crippen LogP contribution is -2.45. The molecule has 0 spiro atoms. The molecule has 5 heteroatoms. The molecule has 1 aromatic rings. The van der Waals surface area contributed by atoms with Crippen LogP contribution in [-0.2, 0) is 4.74 Å². The summed E-state index contributed by atoms with van der Waals surface area (Å²) >= 11 is 3.36. The van der Waals surface area contributed by atoms with Gasteiger partial charge in [0.25, 0.3) is 0 Å². The van der Waals surface area contributed by atoms with Crippen LogP contribution in [0.3, 0.4) is 0 Å². The lowest BCUT2D eigenvalue weighted by molar-refractivity contribution is 0.00520. The number of alkyl halides is 1. The summed E-state index contributed by atoms with van der Waals surface area (Å²) in [6, 6.07) is 5.66. The van der Waals surface area contributed by atoms with Crippen LogP contribution < -0.4 is 10.4 Å². The van der Waals surface area contributed by atoms with E-state index in [4.69, 9.17) is 4.74 Å². The minimum atomic E-state index is -1.15. The number of ether oxygens (including phenoxy) is 1. The van der Waals surface area contributed by atoms with Crippen molar-refractivity contribution in [3.63, 3.8) is 0 Å². The predicted molar refractivity (Wildman–Crippen MR) is 67.2 cm³/mol. The van der Waals surface area contributed by atoms with E-state index in [1.165, 1.54) is 0 Å². The van der Waals surface area contributed by atoms with E-state index >= 15 is 0 Å². The van der Waals surface area contributed by atoms with E-state index in [1.807, 2.05) is 23.2 Å². The summed E-state index contributed by atoms with van der Waals surface area (Å²) in [5.41, 5.74) is 4.39. The molecule has 0 amide bonds. The highest BCUT2D eigenvalue weighted by atomic mass is 79.9. The number of benzene rings is 1. The number of nitrogens with zero attached hydrogens (tertiary/aromatic N) is 1. The largest absolute Gasteiger partial charge is 0.357 e. The lowest BCUT2D eigenvalue weighted by atomic mass is 10.1. The second-order valence-electron chi connectivity index (χ2n) is 4.39. The van der Waals surface area contributed by atoms with Gasteiger partial charge < -0.3 is 4.74 Å². The van der Waals surface area contributed by atoms with Gasteiger partial charge >= 0.3 is 0 Å². The van der Waals surface area contributed by atoms with Crippen molar-refractivity contribution in [3.8, 4) is 0 Å². The standard InChI is InChI=1S/C12H14BrFN2O/c13-8-4-5-10-9(7-8)12(14)15-16(10)11-3-1-2-6-17-11/h4-5,7,11-12,15H,1-3,6H2. The average molecular weight is 301 g/mol. The SMILES string of the molecule is FC1NN(C2CCCCO2)c2ccc(Br)cc21. The van der Waals surface area contributed by atoms with E-state index < -0.39 is 6.30 Å². The van der Waals surface area contributed by atoms with Crippen molar-refractivity contribution in [2.24, 2.45) is 0 Å². The maximum atomic E-state index is 13.9. The molecule has 0 bridgehead atoms. The zero-order valence-corrected chi connectivity index (χ0v) is 10.9. The first-order chi connectivity index (χ1) is 8.25. The van der Waals surface area contributed by atoms with Gasteiger partial charge in [0, 0.05) is 16.6 Å². The Hall–Kier alpha value is -0.650. The van der Waals surface area contributed by atoms with Crippen LogP contribution in [0, 0.1) is 0 Å². The Balaban J connectivity index is 1.89. The van der Waals surface area contributed by atoms with Crippen LogP contribution >= 0.6 is 15.9 Å². The Morgan fingerprint density at radius 2 is 2.29 bits per heavy atom. The Morgan fingerprint density at radius 1 is 1.41 bits per heavy atom. The van der Waals surface area contributed by atoms with Crippen LogP contribution in [0.15, 0.2) is 22.7 Å². The molecule has 1 N–H and O–H groups in total. The minimum Gasteiger partial charge on any atom is -0.357 e. The van der Waals surface area contributed by atoms with E-state index in [2.05, 4.69) is 21.4 Å². The Kier molecular flexibility index (Phi) is 3.06. The molecule has 1 saturated heterocycles. The summed E-state index contributed by atoms with van der Waals surface area (Å²) in [6.07, 6.45) is 1.97. The highest BCUT2D eigenvalue weighted by Crippen LogP contribution is 2.37. The predicted octanol–water partition coefficient (Wildman–Crippen LogP) is 3.27. The highest BCUT2D eigenvalue weighted by Gasteiger charge is 2.33. The van der Waals surface area contributed by atoms with Gasteiger partial charge in [-0.25, -0.2) is 4.39 Å². The topological polar surface area (TPSA) is 24.5 Å². The van der Waals surface area contributed by atoms with Crippen LogP contribution in [0.5, 0.6) is 0 Å². The molecule has 0 aliphatic carbocycles. The molecule has 2 unspecified atom stereocenters. The maximum Gasteiger partial charge on any atom is 0.195 e. The summed E-state index contributed by atoms with van der Waals surface area (Å²) < 4.78 is 20.5. The molecule has 0 radical (unpaired) electrons. The number of fused-ring (bicyclic) bond motifs is 1. The van der Waals surface area contributed by atoms with Crippen LogP contribution in [-0.4, -0.2) is 12.8 Å². The fourth-order valence-electron chi connectivity index (χ4n) is 2.37. The molecule has 17 heavy (non-hydrogen) atoms. The summed E-state index contributed by atoms with van der Waals surface area (Å²) in [7, 11) is 0. The minimum absolute atomic E-state index is 0.0515. The van der Waals surface area contributed by atoms with Gasteiger partial charge in [-0.05, 0) is 37.5 Å². The van der Waals surface area contributed by atoms with Crippen LogP contribution in [0.25, 0.3) is 0 Å². The summed E-state index contributed by atoms with van der Waals surface area (Å²) in [6.45, 7) is 0.756. The molecule has 2 heterocycles.